The number of nitrogens with one attached hydrogen (secondary N) is 2. The van der Waals surface area contributed by atoms with E-state index in [4.69, 9.17) is 9.47 Å². The molecule has 0 radical (unpaired) electrons. The zero-order valence-electron chi connectivity index (χ0n) is 16.2. The van der Waals surface area contributed by atoms with Crippen LogP contribution in [0.25, 0.3) is 0 Å². The molecule has 2 unspecified atom stereocenters. The molecule has 0 saturated heterocycles. The highest BCUT2D eigenvalue weighted by atomic mass is 127. The Hall–Kier alpha value is -1.87. The number of halogens is 2. The Morgan fingerprint density at radius 3 is 2.71 bits per heavy atom. The Kier molecular flexibility index (Phi) is 8.98. The summed E-state index contributed by atoms with van der Waals surface area (Å²) < 4.78 is 24.4. The van der Waals surface area contributed by atoms with Crippen molar-refractivity contribution in [3.63, 3.8) is 0 Å². The molecule has 0 fully saturated rings. The van der Waals surface area contributed by atoms with Gasteiger partial charge in [-0.1, -0.05) is 30.3 Å². The van der Waals surface area contributed by atoms with Crippen LogP contribution in [0.2, 0.25) is 0 Å². The molecule has 0 spiro atoms. The molecular formula is C21H27FIN3O2. The van der Waals surface area contributed by atoms with E-state index in [0.29, 0.717) is 13.2 Å². The van der Waals surface area contributed by atoms with Gasteiger partial charge in [-0.3, -0.25) is 4.99 Å². The van der Waals surface area contributed by atoms with Crippen molar-refractivity contribution in [3.05, 3.63) is 65.5 Å². The number of nitrogens with zero attached hydrogens (tertiary/aromatic N) is 1. The predicted molar refractivity (Wildman–Crippen MR) is 120 cm³/mol. The number of aliphatic imine (C=N–C) groups is 1. The van der Waals surface area contributed by atoms with Gasteiger partial charge in [0, 0.05) is 25.6 Å². The first kappa shape index (κ1) is 22.4. The number of rotatable bonds is 6. The molecule has 0 amide bonds. The van der Waals surface area contributed by atoms with E-state index in [1.165, 1.54) is 12.1 Å². The minimum Gasteiger partial charge on any atom is -0.493 e. The summed E-state index contributed by atoms with van der Waals surface area (Å²) in [7, 11) is 1.64. The van der Waals surface area contributed by atoms with Gasteiger partial charge in [-0.25, -0.2) is 4.39 Å². The van der Waals surface area contributed by atoms with Crippen LogP contribution in [0.15, 0.2) is 53.5 Å². The lowest BCUT2D eigenvalue weighted by Gasteiger charge is -2.28. The highest BCUT2D eigenvalue weighted by molar-refractivity contribution is 14.0. The van der Waals surface area contributed by atoms with Gasteiger partial charge < -0.3 is 20.1 Å². The standard InChI is InChI=1S/C21H26FN3O2.HI/c1-3-23-21(24-14-20(26-2)15-8-10-16(22)11-9-15)25-18-12-13-27-19-7-5-4-6-17(18)19;/h4-11,18,20H,3,12-14H2,1-2H3,(H2,23,24,25);1H. The summed E-state index contributed by atoms with van der Waals surface area (Å²) in [6.07, 6.45) is 0.635. The molecule has 1 aliphatic heterocycles. The summed E-state index contributed by atoms with van der Waals surface area (Å²) in [5.74, 6) is 1.38. The van der Waals surface area contributed by atoms with Crippen molar-refractivity contribution in [1.29, 1.82) is 0 Å². The predicted octanol–water partition coefficient (Wildman–Crippen LogP) is 4.21. The topological polar surface area (TPSA) is 54.9 Å². The summed E-state index contributed by atoms with van der Waals surface area (Å²) in [4.78, 5) is 4.69. The lowest BCUT2D eigenvalue weighted by molar-refractivity contribution is 0.111. The van der Waals surface area contributed by atoms with Crippen LogP contribution >= 0.6 is 24.0 Å². The Labute approximate surface area is 182 Å². The van der Waals surface area contributed by atoms with Crippen molar-refractivity contribution in [3.8, 4) is 5.75 Å². The SMILES string of the molecule is CCNC(=NCC(OC)c1ccc(F)cc1)NC1CCOc2ccccc21.I. The first-order valence-corrected chi connectivity index (χ1v) is 9.26. The fraction of sp³-hybridized carbons (Fsp3) is 0.381. The van der Waals surface area contributed by atoms with Gasteiger partial charge in [0.15, 0.2) is 5.96 Å². The second-order valence-electron chi connectivity index (χ2n) is 6.37. The van der Waals surface area contributed by atoms with Gasteiger partial charge in [0.05, 0.1) is 19.2 Å². The monoisotopic (exact) mass is 499 g/mol. The van der Waals surface area contributed by atoms with E-state index in [0.717, 1.165) is 35.8 Å². The van der Waals surface area contributed by atoms with Crippen LogP contribution in [0.4, 0.5) is 4.39 Å². The second-order valence-corrected chi connectivity index (χ2v) is 6.37. The minimum absolute atomic E-state index is 0. The zero-order chi connectivity index (χ0) is 19.1. The molecule has 5 nitrogen and oxygen atoms in total. The fourth-order valence-corrected chi connectivity index (χ4v) is 3.14. The maximum atomic E-state index is 13.2. The van der Waals surface area contributed by atoms with Crippen LogP contribution in [0.1, 0.15) is 36.6 Å². The summed E-state index contributed by atoms with van der Waals surface area (Å²) in [5, 5.41) is 6.78. The molecule has 0 bridgehead atoms. The van der Waals surface area contributed by atoms with Crippen LogP contribution in [0.5, 0.6) is 5.75 Å². The van der Waals surface area contributed by atoms with Gasteiger partial charge in [-0.15, -0.1) is 24.0 Å². The third-order valence-corrected chi connectivity index (χ3v) is 4.56. The van der Waals surface area contributed by atoms with Crippen molar-refractivity contribution < 1.29 is 13.9 Å². The number of hydrogen-bond acceptors (Lipinski definition) is 3. The molecule has 0 saturated carbocycles. The highest BCUT2D eigenvalue weighted by Gasteiger charge is 2.22. The summed E-state index contributed by atoms with van der Waals surface area (Å²) in [6, 6.07) is 14.5. The van der Waals surface area contributed by atoms with Crippen LogP contribution < -0.4 is 15.4 Å². The smallest absolute Gasteiger partial charge is 0.191 e. The maximum absolute atomic E-state index is 13.2. The van der Waals surface area contributed by atoms with E-state index in [1.807, 2.05) is 25.1 Å². The third kappa shape index (κ3) is 5.81. The van der Waals surface area contributed by atoms with E-state index in [1.54, 1.807) is 19.2 Å². The summed E-state index contributed by atoms with van der Waals surface area (Å²) >= 11 is 0. The Morgan fingerprint density at radius 1 is 1.25 bits per heavy atom. The molecule has 1 heterocycles. The van der Waals surface area contributed by atoms with Crippen molar-refractivity contribution in [2.75, 3.05) is 26.8 Å². The number of para-hydroxylation sites is 1. The quantitative estimate of drug-likeness (QED) is 0.355. The summed E-state index contributed by atoms with van der Waals surface area (Å²) in [5.41, 5.74) is 2.03. The molecule has 0 aromatic heterocycles. The summed E-state index contributed by atoms with van der Waals surface area (Å²) in [6.45, 7) is 3.89. The first-order valence-electron chi connectivity index (χ1n) is 9.26. The Morgan fingerprint density at radius 2 is 2.00 bits per heavy atom. The van der Waals surface area contributed by atoms with Gasteiger partial charge in [-0.05, 0) is 30.7 Å². The van der Waals surface area contributed by atoms with Crippen LogP contribution in [-0.2, 0) is 4.74 Å². The van der Waals surface area contributed by atoms with E-state index in [2.05, 4.69) is 21.7 Å². The number of guanidine groups is 1. The number of benzene rings is 2. The lowest BCUT2D eigenvalue weighted by Crippen LogP contribution is -2.41. The van der Waals surface area contributed by atoms with Crippen molar-refractivity contribution in [2.24, 2.45) is 4.99 Å². The van der Waals surface area contributed by atoms with Crippen LogP contribution in [0, 0.1) is 5.82 Å². The van der Waals surface area contributed by atoms with Gasteiger partial charge in [-0.2, -0.15) is 0 Å². The fourth-order valence-electron chi connectivity index (χ4n) is 3.14. The largest absolute Gasteiger partial charge is 0.493 e. The Balaban J connectivity index is 0.00000280. The number of hydrogen-bond donors (Lipinski definition) is 2. The normalized spacial score (nSPS) is 17.0. The number of methoxy groups -OCH3 is 1. The average molecular weight is 499 g/mol. The molecule has 7 heteroatoms. The van der Waals surface area contributed by atoms with Crippen molar-refractivity contribution >= 4 is 29.9 Å². The van der Waals surface area contributed by atoms with Gasteiger partial charge in [0.1, 0.15) is 17.7 Å². The van der Waals surface area contributed by atoms with E-state index in [-0.39, 0.29) is 41.9 Å². The van der Waals surface area contributed by atoms with Crippen molar-refractivity contribution in [1.82, 2.24) is 10.6 Å². The first-order chi connectivity index (χ1) is 13.2. The number of ether oxygens (including phenoxy) is 2. The second kappa shape index (κ2) is 11.2. The molecule has 3 rings (SSSR count). The molecule has 2 aromatic rings. The molecule has 0 aliphatic carbocycles. The molecule has 2 atom stereocenters. The molecule has 2 N–H and O–H groups in total. The number of fused-ring (bicyclic) bond motifs is 1. The van der Waals surface area contributed by atoms with Gasteiger partial charge >= 0.3 is 0 Å². The zero-order valence-corrected chi connectivity index (χ0v) is 18.5. The average Bonchev–Trinajstić information content (AvgIpc) is 2.70. The minimum atomic E-state index is -0.259. The van der Waals surface area contributed by atoms with Gasteiger partial charge in [0.25, 0.3) is 0 Å². The molecule has 1 aliphatic rings. The van der Waals surface area contributed by atoms with Crippen molar-refractivity contribution in [2.45, 2.75) is 25.5 Å². The molecule has 28 heavy (non-hydrogen) atoms. The van der Waals surface area contributed by atoms with E-state index >= 15 is 0 Å². The van der Waals surface area contributed by atoms with Crippen LogP contribution in [-0.4, -0.2) is 32.8 Å². The third-order valence-electron chi connectivity index (χ3n) is 4.56. The molecule has 152 valence electrons. The molecular weight excluding hydrogens is 472 g/mol. The molecule has 2 aromatic carbocycles. The van der Waals surface area contributed by atoms with E-state index < -0.39 is 0 Å². The Bertz CT molecular complexity index is 771. The van der Waals surface area contributed by atoms with E-state index in [9.17, 15) is 4.39 Å². The maximum Gasteiger partial charge on any atom is 0.191 e. The highest BCUT2D eigenvalue weighted by Crippen LogP contribution is 2.31. The van der Waals surface area contributed by atoms with Crippen LogP contribution in [0.3, 0.4) is 0 Å². The van der Waals surface area contributed by atoms with Gasteiger partial charge in [0.2, 0.25) is 0 Å². The lowest BCUT2D eigenvalue weighted by atomic mass is 10.0.